The van der Waals surface area contributed by atoms with Crippen molar-refractivity contribution >= 4 is 11.7 Å². The molecule has 3 N–H and O–H groups in total. The average Bonchev–Trinajstić information content (AvgIpc) is 2.93. The van der Waals surface area contributed by atoms with Crippen LogP contribution in [0, 0.1) is 0 Å². The van der Waals surface area contributed by atoms with Crippen molar-refractivity contribution in [1.29, 1.82) is 0 Å². The molecule has 1 aliphatic rings. The first-order valence-corrected chi connectivity index (χ1v) is 6.88. The summed E-state index contributed by atoms with van der Waals surface area (Å²) in [6, 6.07) is 4.10. The molecule has 19 heavy (non-hydrogen) atoms. The quantitative estimate of drug-likeness (QED) is 0.707. The topological polar surface area (TPSA) is 78.9 Å². The van der Waals surface area contributed by atoms with Gasteiger partial charge in [-0.15, -0.1) is 10.2 Å². The molecule has 0 aromatic carbocycles. The van der Waals surface area contributed by atoms with Gasteiger partial charge in [-0.1, -0.05) is 0 Å². The fourth-order valence-corrected chi connectivity index (χ4v) is 2.18. The minimum absolute atomic E-state index is 0.184. The highest BCUT2D eigenvalue weighted by atomic mass is 16.1. The summed E-state index contributed by atoms with van der Waals surface area (Å²) < 4.78 is 0. The summed E-state index contributed by atoms with van der Waals surface area (Å²) >= 11 is 0. The molecular weight excluding hydrogens is 242 g/mol. The van der Waals surface area contributed by atoms with Crippen molar-refractivity contribution in [3.63, 3.8) is 0 Å². The summed E-state index contributed by atoms with van der Waals surface area (Å²) in [5.41, 5.74) is 0.352. The monoisotopic (exact) mass is 263 g/mol. The molecule has 1 saturated heterocycles. The molecule has 1 aromatic rings. The Bertz CT molecular complexity index is 400. The van der Waals surface area contributed by atoms with Crippen molar-refractivity contribution in [3.8, 4) is 0 Å². The van der Waals surface area contributed by atoms with Crippen molar-refractivity contribution in [1.82, 2.24) is 20.8 Å². The predicted octanol–water partition coefficient (Wildman–Crippen LogP) is 0.780. The van der Waals surface area contributed by atoms with E-state index in [1.807, 2.05) is 6.92 Å². The summed E-state index contributed by atoms with van der Waals surface area (Å²) in [5.74, 6) is 0.530. The van der Waals surface area contributed by atoms with Crippen LogP contribution in [0.5, 0.6) is 0 Å². The second kappa shape index (κ2) is 7.04. The molecule has 6 heteroatoms. The molecule has 1 aliphatic heterocycles. The smallest absolute Gasteiger partial charge is 0.271 e. The predicted molar refractivity (Wildman–Crippen MR) is 74.2 cm³/mol. The van der Waals surface area contributed by atoms with Gasteiger partial charge in [-0.05, 0) is 44.9 Å². The minimum Gasteiger partial charge on any atom is -0.369 e. The van der Waals surface area contributed by atoms with Gasteiger partial charge in [-0.3, -0.25) is 4.79 Å². The number of hydrogen-bond donors (Lipinski definition) is 3. The van der Waals surface area contributed by atoms with Crippen LogP contribution in [0.25, 0.3) is 0 Å². The molecule has 1 unspecified atom stereocenters. The number of carbonyl (C=O) groups excluding carboxylic acids is 1. The highest BCUT2D eigenvalue weighted by Crippen LogP contribution is 2.09. The fourth-order valence-electron chi connectivity index (χ4n) is 2.18. The summed E-state index contributed by atoms with van der Waals surface area (Å²) in [7, 11) is 0. The third-order valence-corrected chi connectivity index (χ3v) is 3.20. The van der Waals surface area contributed by atoms with Crippen molar-refractivity contribution in [2.24, 2.45) is 0 Å². The van der Waals surface area contributed by atoms with E-state index >= 15 is 0 Å². The van der Waals surface area contributed by atoms with E-state index in [4.69, 9.17) is 0 Å². The van der Waals surface area contributed by atoms with E-state index in [-0.39, 0.29) is 5.91 Å². The molecule has 0 spiro atoms. The Hall–Kier alpha value is -1.69. The first-order valence-electron chi connectivity index (χ1n) is 6.88. The van der Waals surface area contributed by atoms with E-state index in [9.17, 15) is 4.79 Å². The largest absolute Gasteiger partial charge is 0.369 e. The van der Waals surface area contributed by atoms with Gasteiger partial charge in [0.25, 0.3) is 5.91 Å². The second-order valence-electron chi connectivity index (χ2n) is 4.67. The Morgan fingerprint density at radius 2 is 2.37 bits per heavy atom. The summed E-state index contributed by atoms with van der Waals surface area (Å²) in [6.07, 6.45) is 3.61. The van der Waals surface area contributed by atoms with Crippen LogP contribution >= 0.6 is 0 Å². The van der Waals surface area contributed by atoms with Crippen LogP contribution in [0.15, 0.2) is 12.1 Å². The lowest BCUT2D eigenvalue weighted by Crippen LogP contribution is -2.25. The van der Waals surface area contributed by atoms with Gasteiger partial charge in [-0.25, -0.2) is 0 Å². The normalized spacial score (nSPS) is 18.3. The zero-order valence-corrected chi connectivity index (χ0v) is 11.3. The van der Waals surface area contributed by atoms with Crippen LogP contribution in [0.2, 0.25) is 0 Å². The molecule has 0 radical (unpaired) electrons. The lowest BCUT2D eigenvalue weighted by atomic mass is 10.1. The van der Waals surface area contributed by atoms with E-state index in [1.165, 1.54) is 12.8 Å². The van der Waals surface area contributed by atoms with Gasteiger partial charge >= 0.3 is 0 Å². The molecule has 2 heterocycles. The van der Waals surface area contributed by atoms with Crippen molar-refractivity contribution in [2.45, 2.75) is 32.2 Å². The molecule has 1 amide bonds. The number of rotatable bonds is 6. The number of carbonyl (C=O) groups is 1. The Morgan fingerprint density at radius 3 is 3.00 bits per heavy atom. The second-order valence-corrected chi connectivity index (χ2v) is 4.67. The summed E-state index contributed by atoms with van der Waals surface area (Å²) in [5, 5.41) is 17.3. The van der Waals surface area contributed by atoms with Crippen LogP contribution < -0.4 is 16.0 Å². The van der Waals surface area contributed by atoms with Gasteiger partial charge < -0.3 is 16.0 Å². The third kappa shape index (κ3) is 4.17. The average molecular weight is 263 g/mol. The zero-order chi connectivity index (χ0) is 13.5. The first-order chi connectivity index (χ1) is 9.29. The molecule has 1 aromatic heterocycles. The van der Waals surface area contributed by atoms with Crippen LogP contribution in [0.3, 0.4) is 0 Å². The van der Waals surface area contributed by atoms with Gasteiger partial charge in [0.15, 0.2) is 5.69 Å². The van der Waals surface area contributed by atoms with E-state index < -0.39 is 0 Å². The minimum atomic E-state index is -0.184. The Morgan fingerprint density at radius 1 is 1.47 bits per heavy atom. The highest BCUT2D eigenvalue weighted by Gasteiger charge is 2.13. The molecule has 1 fully saturated rings. The van der Waals surface area contributed by atoms with Gasteiger partial charge in [0, 0.05) is 19.1 Å². The fraction of sp³-hybridized carbons (Fsp3) is 0.615. The van der Waals surface area contributed by atoms with E-state index in [1.54, 1.807) is 12.1 Å². The Labute approximate surface area is 113 Å². The van der Waals surface area contributed by atoms with Crippen molar-refractivity contribution < 1.29 is 4.79 Å². The maximum atomic E-state index is 11.5. The van der Waals surface area contributed by atoms with Crippen LogP contribution in [-0.4, -0.2) is 41.8 Å². The lowest BCUT2D eigenvalue weighted by Gasteiger charge is -2.10. The van der Waals surface area contributed by atoms with E-state index in [2.05, 4.69) is 26.1 Å². The third-order valence-electron chi connectivity index (χ3n) is 3.20. The molecule has 0 saturated carbocycles. The number of amides is 1. The van der Waals surface area contributed by atoms with E-state index in [0.29, 0.717) is 24.1 Å². The number of nitrogens with one attached hydrogen (secondary N) is 3. The number of aromatic nitrogens is 2. The van der Waals surface area contributed by atoms with Crippen LogP contribution in [-0.2, 0) is 0 Å². The lowest BCUT2D eigenvalue weighted by molar-refractivity contribution is 0.0950. The van der Waals surface area contributed by atoms with Gasteiger partial charge in [0.05, 0.1) is 0 Å². The zero-order valence-electron chi connectivity index (χ0n) is 11.3. The number of nitrogens with zero attached hydrogens (tertiary/aromatic N) is 2. The maximum Gasteiger partial charge on any atom is 0.271 e. The molecule has 1 atom stereocenters. The highest BCUT2D eigenvalue weighted by molar-refractivity contribution is 5.92. The van der Waals surface area contributed by atoms with Crippen LogP contribution in [0.4, 0.5) is 5.82 Å². The maximum absolute atomic E-state index is 11.5. The van der Waals surface area contributed by atoms with Gasteiger partial charge in [0.1, 0.15) is 5.82 Å². The Kier molecular flexibility index (Phi) is 5.09. The van der Waals surface area contributed by atoms with Gasteiger partial charge in [-0.2, -0.15) is 0 Å². The Balaban J connectivity index is 1.76. The molecule has 104 valence electrons. The molecular formula is C13H21N5O. The molecule has 0 bridgehead atoms. The summed E-state index contributed by atoms with van der Waals surface area (Å²) in [4.78, 5) is 11.5. The SMILES string of the molecule is CCNC(=O)c1ccc(NCCC2CCCN2)nn1. The van der Waals surface area contributed by atoms with Gasteiger partial charge in [0.2, 0.25) is 0 Å². The first kappa shape index (κ1) is 13.7. The molecule has 2 rings (SSSR count). The van der Waals surface area contributed by atoms with Crippen molar-refractivity contribution in [2.75, 3.05) is 25.0 Å². The number of hydrogen-bond acceptors (Lipinski definition) is 5. The number of anilines is 1. The van der Waals surface area contributed by atoms with Crippen LogP contribution in [0.1, 0.15) is 36.7 Å². The molecule has 6 nitrogen and oxygen atoms in total. The standard InChI is InChI=1S/C13H21N5O/c1-2-14-13(19)11-5-6-12(18-17-11)16-9-7-10-4-3-8-15-10/h5-6,10,15H,2-4,7-9H2,1H3,(H,14,19)(H,16,18). The van der Waals surface area contributed by atoms with Crippen molar-refractivity contribution in [3.05, 3.63) is 17.8 Å². The summed E-state index contributed by atoms with van der Waals surface area (Å²) in [6.45, 7) is 4.46. The van der Waals surface area contributed by atoms with E-state index in [0.717, 1.165) is 19.5 Å². The molecule has 0 aliphatic carbocycles.